The SMILES string of the molecule is CCCCCCCCCCCCN1C(=O)C(CC(=O)O)SC12CCCCCCC2. The van der Waals surface area contributed by atoms with E-state index >= 15 is 0 Å². The molecule has 4 nitrogen and oxygen atoms in total. The second-order valence-electron chi connectivity index (χ2n) is 9.09. The molecule has 168 valence electrons. The predicted molar refractivity (Wildman–Crippen MR) is 122 cm³/mol. The molecule has 1 aliphatic heterocycles. The summed E-state index contributed by atoms with van der Waals surface area (Å²) in [6.45, 7) is 3.08. The highest BCUT2D eigenvalue weighted by atomic mass is 32.2. The van der Waals surface area contributed by atoms with E-state index in [0.717, 1.165) is 38.6 Å². The summed E-state index contributed by atoms with van der Waals surface area (Å²) in [7, 11) is 0. The Morgan fingerprint density at radius 3 is 2.00 bits per heavy atom. The molecular formula is C24H43NO3S. The van der Waals surface area contributed by atoms with Crippen molar-refractivity contribution in [2.75, 3.05) is 6.54 Å². The summed E-state index contributed by atoms with van der Waals surface area (Å²) in [6.07, 6.45) is 21.1. The first-order valence-electron chi connectivity index (χ1n) is 12.3. The van der Waals surface area contributed by atoms with Gasteiger partial charge >= 0.3 is 5.97 Å². The van der Waals surface area contributed by atoms with Crippen LogP contribution in [0.25, 0.3) is 0 Å². The lowest BCUT2D eigenvalue weighted by Crippen LogP contribution is -2.45. The number of carboxylic acids is 1. The Kier molecular flexibility index (Phi) is 11.5. The van der Waals surface area contributed by atoms with E-state index < -0.39 is 5.97 Å². The van der Waals surface area contributed by atoms with Crippen LogP contribution in [0.2, 0.25) is 0 Å². The smallest absolute Gasteiger partial charge is 0.305 e. The van der Waals surface area contributed by atoms with Crippen molar-refractivity contribution in [1.29, 1.82) is 0 Å². The van der Waals surface area contributed by atoms with Crippen LogP contribution in [0.3, 0.4) is 0 Å². The van der Waals surface area contributed by atoms with Gasteiger partial charge in [0.15, 0.2) is 0 Å². The summed E-state index contributed by atoms with van der Waals surface area (Å²) in [5.41, 5.74) is 0. The van der Waals surface area contributed by atoms with Crippen LogP contribution in [-0.4, -0.2) is 38.5 Å². The van der Waals surface area contributed by atoms with Crippen molar-refractivity contribution in [2.45, 2.75) is 133 Å². The molecule has 2 aliphatic rings. The normalized spacial score (nSPS) is 22.0. The lowest BCUT2D eigenvalue weighted by molar-refractivity contribution is -0.140. The maximum atomic E-state index is 13.0. The molecule has 0 aromatic heterocycles. The number of nitrogens with zero attached hydrogens (tertiary/aromatic N) is 1. The van der Waals surface area contributed by atoms with Crippen LogP contribution >= 0.6 is 11.8 Å². The number of hydrogen-bond acceptors (Lipinski definition) is 3. The topological polar surface area (TPSA) is 57.6 Å². The van der Waals surface area contributed by atoms with Gasteiger partial charge in [0.2, 0.25) is 5.91 Å². The molecule has 1 aliphatic carbocycles. The van der Waals surface area contributed by atoms with Gasteiger partial charge in [-0.3, -0.25) is 9.59 Å². The van der Waals surface area contributed by atoms with Crippen molar-refractivity contribution in [3.05, 3.63) is 0 Å². The van der Waals surface area contributed by atoms with E-state index in [2.05, 4.69) is 11.8 Å². The molecule has 1 saturated heterocycles. The highest BCUT2D eigenvalue weighted by molar-refractivity contribution is 8.02. The molecule has 1 spiro atoms. The van der Waals surface area contributed by atoms with Gasteiger partial charge in [0.05, 0.1) is 16.5 Å². The summed E-state index contributed by atoms with van der Waals surface area (Å²) in [6, 6.07) is 0. The van der Waals surface area contributed by atoms with Gasteiger partial charge in [-0.25, -0.2) is 0 Å². The van der Waals surface area contributed by atoms with Gasteiger partial charge in [-0.2, -0.15) is 0 Å². The molecule has 1 heterocycles. The number of hydrogen-bond donors (Lipinski definition) is 1. The minimum absolute atomic E-state index is 0.0280. The number of unbranched alkanes of at least 4 members (excludes halogenated alkanes) is 9. The van der Waals surface area contributed by atoms with Crippen molar-refractivity contribution >= 4 is 23.6 Å². The van der Waals surface area contributed by atoms with Gasteiger partial charge in [0, 0.05) is 6.54 Å². The Bertz CT molecular complexity index is 489. The van der Waals surface area contributed by atoms with Crippen LogP contribution in [0, 0.1) is 0 Å². The lowest BCUT2D eigenvalue weighted by Gasteiger charge is -2.39. The minimum atomic E-state index is -0.849. The third-order valence-corrected chi connectivity index (χ3v) is 8.35. The third kappa shape index (κ3) is 8.15. The van der Waals surface area contributed by atoms with Crippen molar-refractivity contribution in [2.24, 2.45) is 0 Å². The zero-order valence-electron chi connectivity index (χ0n) is 18.6. The van der Waals surface area contributed by atoms with E-state index in [-0.39, 0.29) is 22.4 Å². The number of rotatable bonds is 13. The van der Waals surface area contributed by atoms with Gasteiger partial charge in [-0.1, -0.05) is 96.8 Å². The number of carbonyl (C=O) groups excluding carboxylic acids is 1. The summed E-state index contributed by atoms with van der Waals surface area (Å²) in [4.78, 5) is 26.3. The van der Waals surface area contributed by atoms with Gasteiger partial charge < -0.3 is 10.0 Å². The van der Waals surface area contributed by atoms with Crippen molar-refractivity contribution in [3.8, 4) is 0 Å². The van der Waals surface area contributed by atoms with Gasteiger partial charge in [0.1, 0.15) is 0 Å². The molecule has 29 heavy (non-hydrogen) atoms. The molecule has 5 heteroatoms. The van der Waals surface area contributed by atoms with E-state index in [1.54, 1.807) is 11.8 Å². The van der Waals surface area contributed by atoms with E-state index in [9.17, 15) is 14.7 Å². The molecular weight excluding hydrogens is 382 g/mol. The number of carbonyl (C=O) groups is 2. The molecule has 0 aromatic rings. The highest BCUT2D eigenvalue weighted by Gasteiger charge is 2.50. The molecule has 1 N–H and O–H groups in total. The summed E-state index contributed by atoms with van der Waals surface area (Å²) in [5, 5.41) is 8.87. The molecule has 1 unspecified atom stereocenters. The quantitative estimate of drug-likeness (QED) is 0.331. The van der Waals surface area contributed by atoms with E-state index in [4.69, 9.17) is 0 Å². The Balaban J connectivity index is 1.78. The molecule has 1 amide bonds. The Morgan fingerprint density at radius 2 is 1.45 bits per heavy atom. The largest absolute Gasteiger partial charge is 0.481 e. The zero-order valence-corrected chi connectivity index (χ0v) is 19.4. The molecule has 0 bridgehead atoms. The fourth-order valence-corrected chi connectivity index (χ4v) is 6.77. The maximum absolute atomic E-state index is 13.0. The fourth-order valence-electron chi connectivity index (χ4n) is 4.96. The lowest BCUT2D eigenvalue weighted by atomic mass is 9.94. The standard InChI is InChI=1S/C24H43NO3S/c1-2-3-4-5-6-7-8-9-13-16-19-25-23(28)21(20-22(26)27)29-24(25)17-14-11-10-12-15-18-24/h21H,2-20H2,1H3,(H,26,27). The van der Waals surface area contributed by atoms with E-state index in [1.807, 2.05) is 0 Å². The summed E-state index contributed by atoms with van der Waals surface area (Å²) in [5.74, 6) is -0.758. The highest BCUT2D eigenvalue weighted by Crippen LogP contribution is 2.50. The monoisotopic (exact) mass is 425 g/mol. The summed E-state index contributed by atoms with van der Waals surface area (Å²) < 4.78 is 0. The van der Waals surface area contributed by atoms with Crippen LogP contribution in [0.15, 0.2) is 0 Å². The first-order valence-corrected chi connectivity index (χ1v) is 13.2. The van der Waals surface area contributed by atoms with Crippen LogP contribution in [0.4, 0.5) is 0 Å². The first-order chi connectivity index (χ1) is 14.1. The molecule has 1 saturated carbocycles. The molecule has 1 atom stereocenters. The molecule has 0 aromatic carbocycles. The van der Waals surface area contributed by atoms with Gasteiger partial charge in [0.25, 0.3) is 0 Å². The summed E-state index contributed by atoms with van der Waals surface area (Å²) >= 11 is 1.68. The second kappa shape index (κ2) is 13.6. The van der Waals surface area contributed by atoms with E-state index in [1.165, 1.54) is 77.0 Å². The van der Waals surface area contributed by atoms with Crippen LogP contribution in [0.5, 0.6) is 0 Å². The maximum Gasteiger partial charge on any atom is 0.305 e. The number of carboxylic acid groups (broad SMARTS) is 1. The third-order valence-electron chi connectivity index (χ3n) is 6.63. The zero-order chi connectivity index (χ0) is 21.0. The van der Waals surface area contributed by atoms with Crippen molar-refractivity contribution < 1.29 is 14.7 Å². The van der Waals surface area contributed by atoms with Gasteiger partial charge in [-0.15, -0.1) is 11.8 Å². The Morgan fingerprint density at radius 1 is 0.931 bits per heavy atom. The van der Waals surface area contributed by atoms with Crippen molar-refractivity contribution in [1.82, 2.24) is 4.90 Å². The van der Waals surface area contributed by atoms with Gasteiger partial charge in [-0.05, 0) is 19.3 Å². The first kappa shape index (κ1) is 24.6. The minimum Gasteiger partial charge on any atom is -0.481 e. The predicted octanol–water partition coefficient (Wildman–Crippen LogP) is 6.77. The average molecular weight is 426 g/mol. The molecule has 2 fully saturated rings. The molecule has 0 radical (unpaired) electrons. The van der Waals surface area contributed by atoms with Crippen molar-refractivity contribution in [3.63, 3.8) is 0 Å². The number of thioether (sulfide) groups is 1. The van der Waals surface area contributed by atoms with Crippen LogP contribution in [-0.2, 0) is 9.59 Å². The second-order valence-corrected chi connectivity index (χ2v) is 10.7. The fraction of sp³-hybridized carbons (Fsp3) is 0.917. The Hall–Kier alpha value is -0.710. The number of aliphatic carboxylic acids is 1. The Labute approximate surface area is 182 Å². The average Bonchev–Trinajstić information content (AvgIpc) is 2.92. The van der Waals surface area contributed by atoms with E-state index in [0.29, 0.717) is 0 Å². The molecule has 2 rings (SSSR count). The van der Waals surface area contributed by atoms with Crippen LogP contribution in [0.1, 0.15) is 122 Å². The van der Waals surface area contributed by atoms with Crippen LogP contribution < -0.4 is 0 Å². The number of amides is 1.